The lowest BCUT2D eigenvalue weighted by Gasteiger charge is -2.12. The van der Waals surface area contributed by atoms with Crippen LogP contribution in [0.5, 0.6) is 0 Å². The summed E-state index contributed by atoms with van der Waals surface area (Å²) in [5.74, 6) is -0.430. The van der Waals surface area contributed by atoms with Crippen LogP contribution < -0.4 is 5.32 Å². The second-order valence-corrected chi connectivity index (χ2v) is 4.82. The van der Waals surface area contributed by atoms with Crippen LogP contribution in [0, 0.1) is 34.0 Å². The summed E-state index contributed by atoms with van der Waals surface area (Å²) in [4.78, 5) is 11.5. The minimum Gasteiger partial charge on any atom is -0.465 e. The highest BCUT2D eigenvalue weighted by Gasteiger charge is 2.11. The zero-order valence-electron chi connectivity index (χ0n) is 13.3. The van der Waals surface area contributed by atoms with Crippen LogP contribution in [0.3, 0.4) is 0 Å². The molecular weight excluding hydrogens is 316 g/mol. The predicted molar refractivity (Wildman–Crippen MR) is 90.7 cm³/mol. The average Bonchev–Trinajstić information content (AvgIpc) is 2.68. The van der Waals surface area contributed by atoms with Gasteiger partial charge in [-0.1, -0.05) is 30.3 Å². The fraction of sp³-hybridized carbons (Fsp3) is 0.0526. The van der Waals surface area contributed by atoms with E-state index in [9.17, 15) is 10.1 Å². The molecule has 0 saturated carbocycles. The fourth-order valence-electron chi connectivity index (χ4n) is 2.17. The van der Waals surface area contributed by atoms with Gasteiger partial charge in [-0.15, -0.1) is 0 Å². The van der Waals surface area contributed by atoms with Crippen molar-refractivity contribution in [2.75, 3.05) is 12.4 Å². The molecule has 0 radical (unpaired) electrons. The first-order valence-electron chi connectivity index (χ1n) is 7.14. The van der Waals surface area contributed by atoms with Crippen LogP contribution in [-0.4, -0.2) is 13.1 Å². The van der Waals surface area contributed by atoms with E-state index < -0.39 is 5.97 Å². The fourth-order valence-corrected chi connectivity index (χ4v) is 2.17. The molecule has 120 valence electrons. The number of nitrogens with zero attached hydrogens (tertiary/aromatic N) is 3. The molecule has 0 amide bonds. The van der Waals surface area contributed by atoms with Crippen LogP contribution in [-0.2, 0) is 4.74 Å². The molecule has 0 saturated heterocycles. The number of nitriles is 3. The molecule has 2 aromatic carbocycles. The minimum atomic E-state index is -0.430. The van der Waals surface area contributed by atoms with E-state index in [4.69, 9.17) is 10.5 Å². The summed E-state index contributed by atoms with van der Waals surface area (Å²) < 4.78 is 4.67. The SMILES string of the molecule is COC(=O)c1ccc(-c2ccccc2NC(C#N)=C(C#N)C#N)cc1. The highest BCUT2D eigenvalue weighted by atomic mass is 16.5. The molecule has 6 nitrogen and oxygen atoms in total. The number of hydrogen-bond donors (Lipinski definition) is 1. The van der Waals surface area contributed by atoms with E-state index >= 15 is 0 Å². The lowest BCUT2D eigenvalue weighted by molar-refractivity contribution is 0.0601. The molecule has 0 spiro atoms. The van der Waals surface area contributed by atoms with Crippen molar-refractivity contribution < 1.29 is 9.53 Å². The number of ether oxygens (including phenoxy) is 1. The molecule has 0 aliphatic rings. The van der Waals surface area contributed by atoms with Crippen molar-refractivity contribution in [3.63, 3.8) is 0 Å². The number of esters is 1. The number of para-hydroxylation sites is 1. The van der Waals surface area contributed by atoms with Gasteiger partial charge in [0.2, 0.25) is 0 Å². The van der Waals surface area contributed by atoms with Crippen molar-refractivity contribution in [1.82, 2.24) is 0 Å². The van der Waals surface area contributed by atoms with Gasteiger partial charge in [0.05, 0.1) is 12.7 Å². The maximum atomic E-state index is 11.5. The first-order chi connectivity index (χ1) is 12.1. The Bertz CT molecular complexity index is 939. The zero-order chi connectivity index (χ0) is 18.2. The van der Waals surface area contributed by atoms with E-state index in [1.54, 1.807) is 48.5 Å². The Labute approximate surface area is 144 Å². The Hall–Kier alpha value is -4.08. The first-order valence-corrected chi connectivity index (χ1v) is 7.14. The maximum absolute atomic E-state index is 11.5. The van der Waals surface area contributed by atoms with E-state index in [1.165, 1.54) is 7.11 Å². The Morgan fingerprint density at radius 3 is 2.16 bits per heavy atom. The molecule has 0 aliphatic heterocycles. The third-order valence-corrected chi connectivity index (χ3v) is 3.39. The first kappa shape index (κ1) is 17.3. The molecule has 0 atom stereocenters. The molecule has 0 bridgehead atoms. The van der Waals surface area contributed by atoms with Crippen LogP contribution in [0.4, 0.5) is 5.69 Å². The molecule has 2 rings (SSSR count). The summed E-state index contributed by atoms with van der Waals surface area (Å²) in [6, 6.07) is 19.1. The lowest BCUT2D eigenvalue weighted by atomic mass is 10.0. The molecule has 0 unspecified atom stereocenters. The Morgan fingerprint density at radius 1 is 0.960 bits per heavy atom. The average molecular weight is 328 g/mol. The van der Waals surface area contributed by atoms with E-state index in [0.29, 0.717) is 11.3 Å². The van der Waals surface area contributed by atoms with E-state index in [1.807, 2.05) is 18.2 Å². The van der Waals surface area contributed by atoms with Gasteiger partial charge in [-0.25, -0.2) is 4.79 Å². The number of nitrogens with one attached hydrogen (secondary N) is 1. The van der Waals surface area contributed by atoms with Crippen molar-refractivity contribution in [3.8, 4) is 29.3 Å². The van der Waals surface area contributed by atoms with Gasteiger partial charge in [-0.2, -0.15) is 15.8 Å². The van der Waals surface area contributed by atoms with Crippen molar-refractivity contribution in [2.24, 2.45) is 0 Å². The number of carbonyl (C=O) groups is 1. The van der Waals surface area contributed by atoms with Gasteiger partial charge >= 0.3 is 5.97 Å². The second kappa shape index (κ2) is 7.97. The van der Waals surface area contributed by atoms with Crippen LogP contribution in [0.25, 0.3) is 11.1 Å². The summed E-state index contributed by atoms with van der Waals surface area (Å²) in [6.45, 7) is 0. The van der Waals surface area contributed by atoms with Gasteiger partial charge in [0.1, 0.15) is 23.9 Å². The van der Waals surface area contributed by atoms with Crippen LogP contribution in [0.15, 0.2) is 59.8 Å². The number of benzene rings is 2. The molecule has 0 aromatic heterocycles. The number of rotatable bonds is 4. The molecule has 6 heteroatoms. The summed E-state index contributed by atoms with van der Waals surface area (Å²) in [6.07, 6.45) is 0. The van der Waals surface area contributed by atoms with Crippen molar-refractivity contribution >= 4 is 11.7 Å². The predicted octanol–water partition coefficient (Wildman–Crippen LogP) is 3.38. The highest BCUT2D eigenvalue weighted by Crippen LogP contribution is 2.29. The monoisotopic (exact) mass is 328 g/mol. The van der Waals surface area contributed by atoms with Gasteiger partial charge in [-0.05, 0) is 23.8 Å². The van der Waals surface area contributed by atoms with Gasteiger partial charge in [-0.3, -0.25) is 0 Å². The Balaban J connectivity index is 2.45. The van der Waals surface area contributed by atoms with Gasteiger partial charge in [0.15, 0.2) is 5.57 Å². The quantitative estimate of drug-likeness (QED) is 0.680. The highest BCUT2D eigenvalue weighted by molar-refractivity contribution is 5.90. The standard InChI is InChI=1S/C19H12N4O2/c1-25-19(24)14-8-6-13(7-9-14)16-4-2-3-5-17(16)23-18(12-22)15(10-20)11-21/h2-9,23H,1H3. The van der Waals surface area contributed by atoms with Gasteiger partial charge in [0.25, 0.3) is 0 Å². The summed E-state index contributed by atoms with van der Waals surface area (Å²) in [5.41, 5.74) is 2.12. The number of methoxy groups -OCH3 is 1. The third-order valence-electron chi connectivity index (χ3n) is 3.39. The molecule has 0 aliphatic carbocycles. The maximum Gasteiger partial charge on any atom is 0.337 e. The molecule has 2 aromatic rings. The molecular formula is C19H12N4O2. The van der Waals surface area contributed by atoms with Crippen LogP contribution in [0.2, 0.25) is 0 Å². The Kier molecular flexibility index (Phi) is 5.50. The molecule has 1 N–H and O–H groups in total. The van der Waals surface area contributed by atoms with Crippen LogP contribution in [0.1, 0.15) is 10.4 Å². The van der Waals surface area contributed by atoms with E-state index in [2.05, 4.69) is 10.1 Å². The van der Waals surface area contributed by atoms with Crippen molar-refractivity contribution in [3.05, 3.63) is 65.4 Å². The zero-order valence-corrected chi connectivity index (χ0v) is 13.3. The summed E-state index contributed by atoms with van der Waals surface area (Å²) in [7, 11) is 1.31. The van der Waals surface area contributed by atoms with Crippen LogP contribution >= 0.6 is 0 Å². The lowest BCUT2D eigenvalue weighted by Crippen LogP contribution is -2.02. The number of carbonyl (C=O) groups excluding carboxylic acids is 1. The minimum absolute atomic E-state index is 0.122. The summed E-state index contributed by atoms with van der Waals surface area (Å²) in [5, 5.41) is 29.9. The Morgan fingerprint density at radius 2 is 1.60 bits per heavy atom. The number of allylic oxidation sites excluding steroid dienone is 2. The second-order valence-electron chi connectivity index (χ2n) is 4.82. The number of hydrogen-bond acceptors (Lipinski definition) is 6. The van der Waals surface area contributed by atoms with Gasteiger partial charge in [0, 0.05) is 11.3 Å². The van der Waals surface area contributed by atoms with E-state index in [-0.39, 0.29) is 11.3 Å². The number of anilines is 1. The smallest absolute Gasteiger partial charge is 0.337 e. The van der Waals surface area contributed by atoms with Crippen molar-refractivity contribution in [2.45, 2.75) is 0 Å². The summed E-state index contributed by atoms with van der Waals surface area (Å²) >= 11 is 0. The van der Waals surface area contributed by atoms with Gasteiger partial charge < -0.3 is 10.1 Å². The normalized spacial score (nSPS) is 9.04. The topological polar surface area (TPSA) is 110 Å². The molecule has 0 heterocycles. The van der Waals surface area contributed by atoms with E-state index in [0.717, 1.165) is 11.1 Å². The molecule has 0 fully saturated rings. The van der Waals surface area contributed by atoms with Crippen molar-refractivity contribution in [1.29, 1.82) is 15.8 Å². The largest absolute Gasteiger partial charge is 0.465 e. The third kappa shape index (κ3) is 3.82. The molecule has 25 heavy (non-hydrogen) atoms.